The van der Waals surface area contributed by atoms with Gasteiger partial charge in [-0.25, -0.2) is 4.57 Å². The predicted molar refractivity (Wildman–Crippen MR) is 186 cm³/mol. The van der Waals surface area contributed by atoms with Crippen LogP contribution in [0.1, 0.15) is 0 Å². The van der Waals surface area contributed by atoms with Crippen molar-refractivity contribution in [3.8, 4) is 0 Å². The Hall–Kier alpha value is -3.71. The Bertz CT molecular complexity index is 2260. The second-order valence-corrected chi connectivity index (χ2v) is 14.7. The Morgan fingerprint density at radius 3 is 1.21 bits per heavy atom. The second-order valence-electron chi connectivity index (χ2n) is 10.7. The number of phosphoric acid groups is 1. The summed E-state index contributed by atoms with van der Waals surface area (Å²) in [5.74, 6) is 0. The molecule has 0 heterocycles. The molecule has 0 aromatic heterocycles. The van der Waals surface area contributed by atoms with Gasteiger partial charge in [0.05, 0.1) is 17.6 Å². The molecule has 0 aliphatic carbocycles. The van der Waals surface area contributed by atoms with Crippen molar-refractivity contribution in [2.75, 3.05) is 0 Å². The maximum Gasteiger partial charge on any atom is 0.478 e. The van der Waals surface area contributed by atoms with Crippen LogP contribution in [0.25, 0.3) is 64.6 Å². The highest BCUT2D eigenvalue weighted by atomic mass is 31.3. The van der Waals surface area contributed by atoms with Gasteiger partial charge in [0.2, 0.25) is 0 Å². The van der Waals surface area contributed by atoms with Crippen LogP contribution in [-0.2, 0) is 13.2 Å². The molecule has 4 nitrogen and oxygen atoms in total. The van der Waals surface area contributed by atoms with E-state index in [1.54, 1.807) is 0 Å². The van der Waals surface area contributed by atoms with Crippen LogP contribution in [-0.4, -0.2) is 4.89 Å². The van der Waals surface area contributed by atoms with E-state index in [0.717, 1.165) is 53.7 Å². The van der Waals surface area contributed by atoms with Gasteiger partial charge in [0.25, 0.3) is 0 Å². The van der Waals surface area contributed by atoms with E-state index in [9.17, 15) is 9.46 Å². The van der Waals surface area contributed by atoms with Gasteiger partial charge in [-0.15, -0.1) is 0 Å². The van der Waals surface area contributed by atoms with E-state index in [4.69, 9.17) is 8.62 Å². The summed E-state index contributed by atoms with van der Waals surface area (Å²) in [6.45, 7) is 0. The van der Waals surface area contributed by atoms with Gasteiger partial charge in [0.15, 0.2) is 0 Å². The lowest BCUT2D eigenvalue weighted by molar-refractivity contribution is 0.319. The molecule has 2 atom stereocenters. The SMILES string of the molecule is O=P(O)(OPc1ccc2ccc3cc4ccccc4cc3c2c1)OPc1ccc2ccc3cc4ccccc4cc3c2c1. The fraction of sp³-hybridized carbons (Fsp3) is 0. The van der Waals surface area contributed by atoms with Gasteiger partial charge < -0.3 is 4.89 Å². The van der Waals surface area contributed by atoms with Gasteiger partial charge in [0.1, 0.15) is 0 Å². The summed E-state index contributed by atoms with van der Waals surface area (Å²) < 4.78 is 23.9. The average molecular weight is 615 g/mol. The maximum absolute atomic E-state index is 12.9. The number of fused-ring (bicyclic) bond motifs is 8. The molecule has 208 valence electrons. The molecule has 2 unspecified atom stereocenters. The van der Waals surface area contributed by atoms with Gasteiger partial charge in [-0.1, -0.05) is 97.1 Å². The number of hydrogen-bond donors (Lipinski definition) is 1. The third kappa shape index (κ3) is 5.22. The van der Waals surface area contributed by atoms with Crippen LogP contribution in [0, 0.1) is 0 Å². The summed E-state index contributed by atoms with van der Waals surface area (Å²) in [5, 5.41) is 15.4. The summed E-state index contributed by atoms with van der Waals surface area (Å²) in [6.07, 6.45) is 0. The minimum Gasteiger partial charge on any atom is -0.302 e. The van der Waals surface area contributed by atoms with E-state index in [-0.39, 0.29) is 17.6 Å². The minimum atomic E-state index is -4.28. The maximum atomic E-state index is 12.9. The largest absolute Gasteiger partial charge is 0.478 e. The van der Waals surface area contributed by atoms with Crippen LogP contribution in [0.2, 0.25) is 0 Å². The average Bonchev–Trinajstić information content (AvgIpc) is 3.04. The molecule has 1 N–H and O–H groups in total. The summed E-state index contributed by atoms with van der Waals surface area (Å²) in [7, 11) is -4.95. The Labute approximate surface area is 251 Å². The van der Waals surface area contributed by atoms with Crippen molar-refractivity contribution < 1.29 is 18.1 Å². The van der Waals surface area contributed by atoms with Gasteiger partial charge >= 0.3 is 7.82 Å². The molecule has 0 saturated carbocycles. The molecule has 0 fully saturated rings. The van der Waals surface area contributed by atoms with Crippen LogP contribution < -0.4 is 10.6 Å². The lowest BCUT2D eigenvalue weighted by atomic mass is 9.98. The van der Waals surface area contributed by atoms with Gasteiger partial charge in [0, 0.05) is 10.6 Å². The first-order chi connectivity index (χ1) is 21.0. The zero-order chi connectivity index (χ0) is 29.0. The summed E-state index contributed by atoms with van der Waals surface area (Å²) >= 11 is 0. The van der Waals surface area contributed by atoms with E-state index in [1.165, 1.54) is 21.5 Å². The third-order valence-electron chi connectivity index (χ3n) is 7.97. The normalized spacial score (nSPS) is 14.0. The lowest BCUT2D eigenvalue weighted by Gasteiger charge is -2.13. The van der Waals surface area contributed by atoms with E-state index < -0.39 is 7.82 Å². The predicted octanol–water partition coefficient (Wildman–Crippen LogP) is 9.88. The molecular weight excluding hydrogens is 589 g/mol. The molecule has 8 aromatic carbocycles. The van der Waals surface area contributed by atoms with Crippen LogP contribution in [0.15, 0.2) is 133 Å². The van der Waals surface area contributed by atoms with Crippen molar-refractivity contribution in [3.05, 3.63) is 133 Å². The molecule has 0 amide bonds. The van der Waals surface area contributed by atoms with Crippen molar-refractivity contribution in [2.45, 2.75) is 0 Å². The van der Waals surface area contributed by atoms with Crippen molar-refractivity contribution >= 4 is 101 Å². The highest BCUT2D eigenvalue weighted by molar-refractivity contribution is 7.63. The van der Waals surface area contributed by atoms with E-state index in [1.807, 2.05) is 60.7 Å². The summed E-state index contributed by atoms with van der Waals surface area (Å²) in [5.41, 5.74) is 0. The summed E-state index contributed by atoms with van der Waals surface area (Å²) in [4.78, 5) is 10.6. The fourth-order valence-corrected chi connectivity index (χ4v) is 8.81. The third-order valence-corrected chi connectivity index (χ3v) is 11.6. The Morgan fingerprint density at radius 2 is 0.767 bits per heavy atom. The standard InChI is InChI=1S/C36H25O4P3/c37-43(38,39-41-31-15-13-23-9-11-29-17-25-5-1-3-7-27(25)19-33(29)35(23)21-31)40-42-32-16-14-24-10-12-30-18-26-6-2-4-8-28(26)20-34(30)36(24)22-32/h1-22,41-42H,(H,37,38). The monoisotopic (exact) mass is 614 g/mol. The van der Waals surface area contributed by atoms with E-state index in [2.05, 4.69) is 72.8 Å². The van der Waals surface area contributed by atoms with Crippen LogP contribution in [0.4, 0.5) is 0 Å². The molecule has 0 aliphatic heterocycles. The molecule has 8 rings (SSSR count). The molecule has 43 heavy (non-hydrogen) atoms. The van der Waals surface area contributed by atoms with Crippen molar-refractivity contribution in [1.29, 1.82) is 0 Å². The van der Waals surface area contributed by atoms with Crippen LogP contribution >= 0.6 is 25.4 Å². The molecule has 0 radical (unpaired) electrons. The molecule has 0 aliphatic rings. The van der Waals surface area contributed by atoms with Gasteiger partial charge in [-0.2, -0.15) is 0 Å². The van der Waals surface area contributed by atoms with Crippen molar-refractivity contribution in [1.82, 2.24) is 0 Å². The van der Waals surface area contributed by atoms with E-state index >= 15 is 0 Å². The quantitative estimate of drug-likeness (QED) is 0.115. The van der Waals surface area contributed by atoms with Crippen LogP contribution in [0.3, 0.4) is 0 Å². The van der Waals surface area contributed by atoms with E-state index in [0.29, 0.717) is 0 Å². The fourth-order valence-electron chi connectivity index (χ4n) is 5.85. The Kier molecular flexibility index (Phi) is 6.74. The van der Waals surface area contributed by atoms with Crippen LogP contribution in [0.5, 0.6) is 0 Å². The first-order valence-electron chi connectivity index (χ1n) is 13.9. The zero-order valence-electron chi connectivity index (χ0n) is 22.8. The van der Waals surface area contributed by atoms with Crippen molar-refractivity contribution in [2.24, 2.45) is 0 Å². The first kappa shape index (κ1) is 26.9. The zero-order valence-corrected chi connectivity index (χ0v) is 25.7. The van der Waals surface area contributed by atoms with Crippen molar-refractivity contribution in [3.63, 3.8) is 0 Å². The Morgan fingerprint density at radius 1 is 0.419 bits per heavy atom. The van der Waals surface area contributed by atoms with Gasteiger partial charge in [-0.05, 0) is 101 Å². The molecular formula is C36H25O4P3. The Balaban J connectivity index is 1.03. The molecule has 0 saturated heterocycles. The highest BCUT2D eigenvalue weighted by Crippen LogP contribution is 2.53. The molecule has 7 heteroatoms. The number of hydrogen-bond acceptors (Lipinski definition) is 3. The highest BCUT2D eigenvalue weighted by Gasteiger charge is 2.22. The molecule has 8 aromatic rings. The summed E-state index contributed by atoms with van der Waals surface area (Å²) in [6, 6.07) is 46.0. The first-order valence-corrected chi connectivity index (χ1v) is 17.2. The number of rotatable bonds is 6. The minimum absolute atomic E-state index is 0.333. The second kappa shape index (κ2) is 10.8. The lowest BCUT2D eigenvalue weighted by Crippen LogP contribution is -1.97. The smallest absolute Gasteiger partial charge is 0.302 e. The number of benzene rings is 8. The molecule has 0 spiro atoms. The topological polar surface area (TPSA) is 55.8 Å². The molecule has 0 bridgehead atoms. The van der Waals surface area contributed by atoms with Gasteiger partial charge in [-0.3, -0.25) is 8.62 Å².